The molecule has 0 amide bonds. The molecule has 1 aromatic rings. The van der Waals surface area contributed by atoms with Gasteiger partial charge in [-0.2, -0.15) is 13.2 Å². The molecule has 0 N–H and O–H groups in total. The molecule has 0 saturated carbocycles. The molecule has 6 heteroatoms. The molecule has 0 radical (unpaired) electrons. The van der Waals surface area contributed by atoms with Crippen LogP contribution in [0.1, 0.15) is 5.56 Å². The van der Waals surface area contributed by atoms with Gasteiger partial charge >= 0.3 is 6.18 Å². The van der Waals surface area contributed by atoms with Crippen LogP contribution in [0.25, 0.3) is 0 Å². The van der Waals surface area contributed by atoms with Gasteiger partial charge in [0.25, 0.3) is 0 Å². The number of halogens is 5. The first-order valence-electron chi connectivity index (χ1n) is 3.51. The van der Waals surface area contributed by atoms with Gasteiger partial charge in [0.05, 0.1) is 3.57 Å². The molecule has 1 aliphatic rings. The predicted molar refractivity (Wildman–Crippen MR) is 55.9 cm³/mol. The van der Waals surface area contributed by atoms with Crippen LogP contribution in [-0.2, 0) is 6.18 Å². The average Bonchev–Trinajstić information content (AvgIpc) is 2.47. The zero-order valence-corrected chi connectivity index (χ0v) is 9.44. The Balaban J connectivity index is 2.63. The monoisotopic (exact) mass is 334 g/mol. The highest BCUT2D eigenvalue weighted by molar-refractivity contribution is 14.2. The van der Waals surface area contributed by atoms with E-state index in [2.05, 4.69) is 0 Å². The fraction of sp³-hybridized carbons (Fsp3) is 0.125. The van der Waals surface area contributed by atoms with Gasteiger partial charge in [0.15, 0.2) is 5.75 Å². The standard InChI is InChI=1S/C8H3ClF3IO/c9-4-1-5(8(10,11)12)7-6(2-4)13-3-14-7/h1-3H. The van der Waals surface area contributed by atoms with Gasteiger partial charge in [-0.25, -0.2) is 0 Å². The number of fused-ring (bicyclic) bond motifs is 1. The largest absolute Gasteiger partial charge is 0.457 e. The summed E-state index contributed by atoms with van der Waals surface area (Å²) in [6, 6.07) is 2.42. The van der Waals surface area contributed by atoms with Crippen molar-refractivity contribution in [3.63, 3.8) is 0 Å². The first kappa shape index (κ1) is 10.2. The molecule has 0 unspecified atom stereocenters. The normalized spacial score (nSPS) is 14.6. The van der Waals surface area contributed by atoms with E-state index in [-0.39, 0.29) is 10.8 Å². The third-order valence-electron chi connectivity index (χ3n) is 1.64. The highest BCUT2D eigenvalue weighted by atomic mass is 127. The summed E-state index contributed by atoms with van der Waals surface area (Å²) >= 11 is 4.99. The summed E-state index contributed by atoms with van der Waals surface area (Å²) in [5.74, 6) is -0.0744. The highest BCUT2D eigenvalue weighted by Gasteiger charge is 2.36. The lowest BCUT2D eigenvalue weighted by Gasteiger charge is -2.11. The Morgan fingerprint density at radius 2 is 2.00 bits per heavy atom. The first-order chi connectivity index (χ1) is 6.48. The molecule has 2 rings (SSSR count). The van der Waals surface area contributed by atoms with Crippen LogP contribution < -0.4 is 4.74 Å². The molecule has 76 valence electrons. The molecular formula is C8H3ClF3IO. The zero-order chi connectivity index (χ0) is 10.3. The van der Waals surface area contributed by atoms with Crippen molar-refractivity contribution in [3.8, 4) is 5.75 Å². The Hall–Kier alpha value is -0.300. The molecule has 0 fully saturated rings. The van der Waals surface area contributed by atoms with E-state index in [1.165, 1.54) is 10.3 Å². The first-order valence-corrected chi connectivity index (χ1v) is 6.21. The van der Waals surface area contributed by atoms with E-state index < -0.39 is 32.5 Å². The van der Waals surface area contributed by atoms with Gasteiger partial charge in [0.2, 0.25) is 0 Å². The van der Waals surface area contributed by atoms with Crippen molar-refractivity contribution < 1.29 is 17.9 Å². The topological polar surface area (TPSA) is 9.23 Å². The van der Waals surface area contributed by atoms with E-state index in [9.17, 15) is 13.2 Å². The molecule has 1 heterocycles. The lowest BCUT2D eigenvalue weighted by molar-refractivity contribution is -0.138. The summed E-state index contributed by atoms with van der Waals surface area (Å²) in [4.78, 5) is 0. The van der Waals surface area contributed by atoms with Crippen molar-refractivity contribution >= 4 is 36.5 Å². The van der Waals surface area contributed by atoms with Crippen molar-refractivity contribution in [1.29, 1.82) is 0 Å². The SMILES string of the molecule is FC(F)(F)c1cc(Cl)cc2c1OC=I2. The fourth-order valence-corrected chi connectivity index (χ4v) is 3.36. The van der Waals surface area contributed by atoms with Crippen molar-refractivity contribution in [2.24, 2.45) is 0 Å². The summed E-state index contributed by atoms with van der Waals surface area (Å²) in [6.07, 6.45) is -4.41. The van der Waals surface area contributed by atoms with Crippen LogP contribution in [0, 0.1) is 3.57 Å². The summed E-state index contributed by atoms with van der Waals surface area (Å²) in [5, 5.41) is 0.106. The van der Waals surface area contributed by atoms with E-state index in [4.69, 9.17) is 16.3 Å². The third kappa shape index (κ3) is 1.75. The Morgan fingerprint density at radius 1 is 1.29 bits per heavy atom. The summed E-state index contributed by atoms with van der Waals surface area (Å²) in [7, 11) is 0. The van der Waals surface area contributed by atoms with Gasteiger partial charge in [-0.1, -0.05) is 11.6 Å². The van der Waals surface area contributed by atoms with Gasteiger partial charge in [-0.3, -0.25) is 0 Å². The van der Waals surface area contributed by atoms with E-state index in [0.717, 1.165) is 6.07 Å². The molecule has 0 aliphatic carbocycles. The van der Waals surface area contributed by atoms with Gasteiger partial charge in [0, 0.05) is 5.02 Å². The van der Waals surface area contributed by atoms with E-state index in [0.29, 0.717) is 3.57 Å². The lowest BCUT2D eigenvalue weighted by Crippen LogP contribution is -2.07. The second-order valence-electron chi connectivity index (χ2n) is 2.58. The number of alkyl halides is 3. The van der Waals surface area contributed by atoms with Crippen LogP contribution in [0.4, 0.5) is 13.2 Å². The molecule has 0 spiro atoms. The maximum Gasteiger partial charge on any atom is 0.420 e. The van der Waals surface area contributed by atoms with Crippen molar-refractivity contribution in [3.05, 3.63) is 26.3 Å². The van der Waals surface area contributed by atoms with Gasteiger partial charge in [-0.05, 0) is 32.9 Å². The molecular weight excluding hydrogens is 331 g/mol. The second kappa shape index (κ2) is 3.37. The van der Waals surface area contributed by atoms with E-state index in [1.54, 1.807) is 0 Å². The molecule has 1 aromatic carbocycles. The third-order valence-corrected chi connectivity index (χ3v) is 3.84. The molecule has 1 nitrogen and oxygen atoms in total. The van der Waals surface area contributed by atoms with E-state index >= 15 is 0 Å². The Bertz CT molecular complexity index is 414. The van der Waals surface area contributed by atoms with Crippen molar-refractivity contribution in [1.82, 2.24) is 0 Å². The molecule has 1 aliphatic heterocycles. The van der Waals surface area contributed by atoms with Crippen LogP contribution in [0.2, 0.25) is 5.02 Å². The molecule has 0 bridgehead atoms. The van der Waals surface area contributed by atoms with Crippen LogP contribution in [0.5, 0.6) is 5.75 Å². The number of rotatable bonds is 0. The number of hydrogen-bond donors (Lipinski definition) is 0. The van der Waals surface area contributed by atoms with Crippen LogP contribution in [0.3, 0.4) is 0 Å². The lowest BCUT2D eigenvalue weighted by atomic mass is 10.2. The number of ether oxygens (including phenoxy) is 1. The quantitative estimate of drug-likeness (QED) is 0.658. The van der Waals surface area contributed by atoms with Gasteiger partial charge in [0.1, 0.15) is 9.76 Å². The Morgan fingerprint density at radius 3 is 2.64 bits per heavy atom. The average molecular weight is 334 g/mol. The number of hydrogen-bond acceptors (Lipinski definition) is 1. The van der Waals surface area contributed by atoms with Crippen molar-refractivity contribution in [2.45, 2.75) is 6.18 Å². The Labute approximate surface area is 92.6 Å². The molecule has 0 aromatic heterocycles. The minimum absolute atomic E-state index is 0.0744. The van der Waals surface area contributed by atoms with E-state index in [1.807, 2.05) is 0 Å². The summed E-state index contributed by atoms with van der Waals surface area (Å²) in [5.41, 5.74) is -0.784. The summed E-state index contributed by atoms with van der Waals surface area (Å²) < 4.78 is 44.3. The van der Waals surface area contributed by atoms with Gasteiger partial charge < -0.3 is 4.74 Å². The molecule has 14 heavy (non-hydrogen) atoms. The van der Waals surface area contributed by atoms with Crippen molar-refractivity contribution in [2.75, 3.05) is 0 Å². The maximum atomic E-state index is 12.5. The predicted octanol–water partition coefficient (Wildman–Crippen LogP) is 3.65. The molecule has 0 atom stereocenters. The maximum absolute atomic E-state index is 12.5. The smallest absolute Gasteiger partial charge is 0.420 e. The van der Waals surface area contributed by atoms with Gasteiger partial charge in [-0.15, -0.1) is 0 Å². The zero-order valence-electron chi connectivity index (χ0n) is 6.53. The fourth-order valence-electron chi connectivity index (χ4n) is 1.09. The Kier molecular flexibility index (Phi) is 2.46. The minimum atomic E-state index is -4.41. The highest BCUT2D eigenvalue weighted by Crippen LogP contribution is 2.43. The minimum Gasteiger partial charge on any atom is -0.457 e. The van der Waals surface area contributed by atoms with Crippen LogP contribution in [-0.4, -0.2) is 4.20 Å². The summed E-state index contributed by atoms with van der Waals surface area (Å²) in [6.45, 7) is 0. The molecule has 0 saturated heterocycles. The van der Waals surface area contributed by atoms with Crippen LogP contribution >= 0.6 is 32.3 Å². The number of benzene rings is 1. The second-order valence-corrected chi connectivity index (χ2v) is 5.31. The van der Waals surface area contributed by atoms with Crippen LogP contribution in [0.15, 0.2) is 12.1 Å².